The van der Waals surface area contributed by atoms with Crippen LogP contribution >= 0.6 is 15.9 Å². The second-order valence-electron chi connectivity index (χ2n) is 5.45. The number of rotatable bonds is 1. The molecule has 2 aromatic carbocycles. The molecule has 0 N–H and O–H groups in total. The molecule has 0 saturated heterocycles. The van der Waals surface area contributed by atoms with E-state index in [-0.39, 0.29) is 11.6 Å². The first kappa shape index (κ1) is 12.0. The average molecular weight is 327 g/mol. The summed E-state index contributed by atoms with van der Waals surface area (Å²) in [5.41, 5.74) is 1.19. The highest BCUT2D eigenvalue weighted by molar-refractivity contribution is 9.10. The van der Waals surface area contributed by atoms with Gasteiger partial charge in [0, 0.05) is 11.1 Å². The third-order valence-corrected chi connectivity index (χ3v) is 5.90. The van der Waals surface area contributed by atoms with Crippen LogP contribution in [0.15, 0.2) is 54.6 Å². The maximum atomic E-state index is 12.7. The maximum Gasteiger partial charge on any atom is 0.179 e. The summed E-state index contributed by atoms with van der Waals surface area (Å²) in [5, 5.41) is 0. The molecule has 2 nitrogen and oxygen atoms in total. The maximum absolute atomic E-state index is 12.7. The van der Waals surface area contributed by atoms with Gasteiger partial charge < -0.3 is 0 Å². The summed E-state index contributed by atoms with van der Waals surface area (Å²) in [6.45, 7) is 0. The Labute approximate surface area is 124 Å². The van der Waals surface area contributed by atoms with Gasteiger partial charge in [-0.15, -0.1) is 0 Å². The van der Waals surface area contributed by atoms with Crippen molar-refractivity contribution in [2.24, 2.45) is 5.41 Å². The molecule has 20 heavy (non-hydrogen) atoms. The van der Waals surface area contributed by atoms with Gasteiger partial charge in [0.2, 0.25) is 0 Å². The van der Waals surface area contributed by atoms with Gasteiger partial charge in [0.15, 0.2) is 11.6 Å². The lowest BCUT2D eigenvalue weighted by Gasteiger charge is -2.14. The smallest absolute Gasteiger partial charge is 0.179 e. The normalized spacial score (nSPS) is 25.9. The van der Waals surface area contributed by atoms with Crippen molar-refractivity contribution in [1.82, 2.24) is 0 Å². The standard InChI is InChI=1S/C17H11BrO2/c18-17(11-6-2-1-3-7-11)10-16(17)14(19)12-8-4-5-9-13(12)15(16)20/h1-9H,10H2/t17-/m0/s1. The van der Waals surface area contributed by atoms with E-state index < -0.39 is 9.74 Å². The Kier molecular flexibility index (Phi) is 2.21. The summed E-state index contributed by atoms with van der Waals surface area (Å²) in [6, 6.07) is 16.8. The van der Waals surface area contributed by atoms with Crippen LogP contribution in [0.4, 0.5) is 0 Å². The van der Waals surface area contributed by atoms with E-state index in [1.165, 1.54) is 0 Å². The zero-order chi connectivity index (χ0) is 14.0. The molecule has 2 aromatic rings. The molecule has 1 spiro atoms. The molecule has 0 amide bonds. The van der Waals surface area contributed by atoms with Crippen LogP contribution in [-0.2, 0) is 4.32 Å². The number of halogens is 1. The van der Waals surface area contributed by atoms with Crippen LogP contribution in [0.1, 0.15) is 32.7 Å². The van der Waals surface area contributed by atoms with Crippen molar-refractivity contribution >= 4 is 27.5 Å². The van der Waals surface area contributed by atoms with Crippen LogP contribution in [0.2, 0.25) is 0 Å². The molecule has 0 heterocycles. The number of carbonyl (C=O) groups is 2. The fourth-order valence-electron chi connectivity index (χ4n) is 3.33. The number of hydrogen-bond acceptors (Lipinski definition) is 2. The largest absolute Gasteiger partial charge is 0.293 e. The minimum atomic E-state index is -0.933. The molecule has 2 aliphatic rings. The molecule has 0 aliphatic heterocycles. The van der Waals surface area contributed by atoms with Crippen molar-refractivity contribution in [3.8, 4) is 0 Å². The zero-order valence-corrected chi connectivity index (χ0v) is 12.2. The molecule has 0 aromatic heterocycles. The van der Waals surface area contributed by atoms with E-state index >= 15 is 0 Å². The third kappa shape index (κ3) is 1.20. The number of benzene rings is 2. The number of Topliss-reactive ketones (excluding diaryl/α,β-unsaturated/α-hetero) is 2. The summed E-state index contributed by atoms with van der Waals surface area (Å²) < 4.78 is -0.547. The lowest BCUT2D eigenvalue weighted by molar-refractivity contribution is 0.0806. The van der Waals surface area contributed by atoms with Crippen LogP contribution < -0.4 is 0 Å². The van der Waals surface area contributed by atoms with Gasteiger partial charge in [-0.3, -0.25) is 9.59 Å². The van der Waals surface area contributed by atoms with Gasteiger partial charge in [-0.1, -0.05) is 70.5 Å². The van der Waals surface area contributed by atoms with Gasteiger partial charge in [-0.05, 0) is 12.0 Å². The predicted octanol–water partition coefficient (Wildman–Crippen LogP) is 3.75. The SMILES string of the molecule is O=C1c2ccccc2C(=O)C12C[C@]2(Br)c1ccccc1. The molecule has 4 rings (SSSR count). The molecule has 1 fully saturated rings. The molecular formula is C17H11BrO2. The number of alkyl halides is 1. The van der Waals surface area contributed by atoms with Crippen LogP contribution in [-0.4, -0.2) is 11.6 Å². The lowest BCUT2D eigenvalue weighted by atomic mass is 9.94. The van der Waals surface area contributed by atoms with Crippen molar-refractivity contribution < 1.29 is 9.59 Å². The molecule has 0 bridgehead atoms. The second-order valence-corrected chi connectivity index (χ2v) is 6.81. The summed E-state index contributed by atoms with van der Waals surface area (Å²) >= 11 is 3.68. The van der Waals surface area contributed by atoms with Crippen LogP contribution in [0, 0.1) is 5.41 Å². The lowest BCUT2D eigenvalue weighted by Crippen LogP contribution is -2.24. The molecule has 3 heteroatoms. The van der Waals surface area contributed by atoms with Gasteiger partial charge in [0.25, 0.3) is 0 Å². The first-order valence-corrected chi connectivity index (χ1v) is 7.34. The Balaban J connectivity index is 1.87. The molecule has 2 aliphatic carbocycles. The van der Waals surface area contributed by atoms with Crippen LogP contribution in [0.5, 0.6) is 0 Å². The van der Waals surface area contributed by atoms with Gasteiger partial charge in [-0.25, -0.2) is 0 Å². The summed E-state index contributed by atoms with van der Waals surface area (Å²) in [4.78, 5) is 25.5. The Morgan fingerprint density at radius 3 is 1.85 bits per heavy atom. The van der Waals surface area contributed by atoms with Crippen molar-refractivity contribution in [2.45, 2.75) is 10.7 Å². The summed E-state index contributed by atoms with van der Waals surface area (Å²) in [7, 11) is 0. The zero-order valence-electron chi connectivity index (χ0n) is 10.6. The van der Waals surface area contributed by atoms with Crippen LogP contribution in [0.25, 0.3) is 0 Å². The van der Waals surface area contributed by atoms with E-state index in [1.54, 1.807) is 12.1 Å². The third-order valence-electron chi connectivity index (χ3n) is 4.48. The van der Waals surface area contributed by atoms with Gasteiger partial charge in [0.05, 0.1) is 4.32 Å². The first-order valence-electron chi connectivity index (χ1n) is 6.54. The Bertz CT molecular complexity index is 716. The van der Waals surface area contributed by atoms with Gasteiger partial charge in [0.1, 0.15) is 5.41 Å². The van der Waals surface area contributed by atoms with Gasteiger partial charge >= 0.3 is 0 Å². The highest BCUT2D eigenvalue weighted by atomic mass is 79.9. The Morgan fingerprint density at radius 1 is 0.800 bits per heavy atom. The molecule has 1 saturated carbocycles. The quantitative estimate of drug-likeness (QED) is 0.591. The van der Waals surface area contributed by atoms with E-state index in [2.05, 4.69) is 15.9 Å². The number of fused-ring (bicyclic) bond motifs is 1. The first-order chi connectivity index (χ1) is 9.61. The van der Waals surface area contributed by atoms with E-state index in [4.69, 9.17) is 0 Å². The number of carbonyl (C=O) groups excluding carboxylic acids is 2. The van der Waals surface area contributed by atoms with Crippen molar-refractivity contribution in [1.29, 1.82) is 0 Å². The fraction of sp³-hybridized carbons (Fsp3) is 0.176. The van der Waals surface area contributed by atoms with Gasteiger partial charge in [-0.2, -0.15) is 0 Å². The highest BCUT2D eigenvalue weighted by Crippen LogP contribution is 2.73. The average Bonchev–Trinajstić information content (AvgIpc) is 3.09. The van der Waals surface area contributed by atoms with E-state index in [0.29, 0.717) is 17.5 Å². The number of hydrogen-bond donors (Lipinski definition) is 0. The van der Waals surface area contributed by atoms with Crippen molar-refractivity contribution in [3.05, 3.63) is 71.3 Å². The second kappa shape index (κ2) is 3.67. The molecule has 1 atom stereocenters. The molecule has 98 valence electrons. The van der Waals surface area contributed by atoms with Crippen molar-refractivity contribution in [2.75, 3.05) is 0 Å². The fourth-order valence-corrected chi connectivity index (χ4v) is 4.38. The Morgan fingerprint density at radius 2 is 1.30 bits per heavy atom. The van der Waals surface area contributed by atoms with E-state index in [9.17, 15) is 9.59 Å². The summed E-state index contributed by atoms with van der Waals surface area (Å²) in [5.74, 6) is -0.0855. The predicted molar refractivity (Wildman–Crippen MR) is 79.2 cm³/mol. The van der Waals surface area contributed by atoms with E-state index in [1.807, 2.05) is 42.5 Å². The molecule has 0 unspecified atom stereocenters. The van der Waals surface area contributed by atoms with Crippen molar-refractivity contribution in [3.63, 3.8) is 0 Å². The minimum Gasteiger partial charge on any atom is -0.293 e. The highest BCUT2D eigenvalue weighted by Gasteiger charge is 2.78. The Hall–Kier alpha value is -1.74. The molecule has 0 radical (unpaired) electrons. The number of ketones is 2. The topological polar surface area (TPSA) is 34.1 Å². The van der Waals surface area contributed by atoms with E-state index in [0.717, 1.165) is 5.56 Å². The summed E-state index contributed by atoms with van der Waals surface area (Å²) in [6.07, 6.45) is 0.538. The minimum absolute atomic E-state index is 0.0428. The van der Waals surface area contributed by atoms with Crippen LogP contribution in [0.3, 0.4) is 0 Å². The molecular weight excluding hydrogens is 316 g/mol. The monoisotopic (exact) mass is 326 g/mol.